The van der Waals surface area contributed by atoms with Gasteiger partial charge in [-0.05, 0) is 130 Å². The Morgan fingerprint density at radius 1 is 0.656 bits per heavy atom. The number of rotatable bonds is 3. The van der Waals surface area contributed by atoms with Crippen LogP contribution in [0, 0.1) is 59.2 Å². The number of hydrogen-bond acceptors (Lipinski definition) is 0. The molecule has 0 radical (unpaired) electrons. The van der Waals surface area contributed by atoms with E-state index in [1.54, 1.807) is 55.2 Å². The van der Waals surface area contributed by atoms with Crippen LogP contribution < -0.4 is 0 Å². The van der Waals surface area contributed by atoms with Gasteiger partial charge >= 0.3 is 0 Å². The maximum Gasteiger partial charge on any atom is 0.136 e. The Labute approximate surface area is 197 Å². The lowest BCUT2D eigenvalue weighted by Gasteiger charge is -2.64. The third kappa shape index (κ3) is 2.96. The molecule has 8 saturated carbocycles. The molecule has 0 spiro atoms. The largest absolute Gasteiger partial charge is 0.136 e. The summed E-state index contributed by atoms with van der Waals surface area (Å²) in [6, 6.07) is 7.65. The topological polar surface area (TPSA) is 0 Å². The van der Waals surface area contributed by atoms with Crippen molar-refractivity contribution in [3.05, 3.63) is 40.8 Å². The highest BCUT2D eigenvalue weighted by atomic mass is 14.7. The third-order valence-corrected chi connectivity index (χ3v) is 11.5. The maximum absolute atomic E-state index is 2.71. The molecule has 8 bridgehead atoms. The lowest BCUT2D eigenvalue weighted by atomic mass is 9.37. The Kier molecular flexibility index (Phi) is 4.22. The molecule has 0 amide bonds. The summed E-state index contributed by atoms with van der Waals surface area (Å²) >= 11 is 0. The molecule has 0 saturated heterocycles. The summed E-state index contributed by atoms with van der Waals surface area (Å²) in [4.78, 5) is 0. The smallest absolute Gasteiger partial charge is 0.0549 e. The molecule has 0 unspecified atom stereocenters. The van der Waals surface area contributed by atoms with E-state index in [0.717, 1.165) is 35.5 Å². The molecule has 8 aliphatic rings. The molecular formula is C32H45+. The van der Waals surface area contributed by atoms with E-state index < -0.39 is 0 Å². The summed E-state index contributed by atoms with van der Waals surface area (Å²) in [6.45, 7) is 9.69. The van der Waals surface area contributed by atoms with Crippen LogP contribution in [0.15, 0.2) is 18.2 Å². The normalized spacial score (nSPS) is 46.1. The zero-order chi connectivity index (χ0) is 21.9. The Hall–Kier alpha value is -0.910. The monoisotopic (exact) mass is 429 g/mol. The molecule has 1 aromatic carbocycles. The number of aryl methyl sites for hydroxylation is 1. The van der Waals surface area contributed by atoms with Crippen LogP contribution in [0.5, 0.6) is 0 Å². The second kappa shape index (κ2) is 6.60. The molecule has 9 rings (SSSR count). The van der Waals surface area contributed by atoms with Gasteiger partial charge in [-0.25, -0.2) is 0 Å². The van der Waals surface area contributed by atoms with E-state index in [0.29, 0.717) is 10.8 Å². The Bertz CT molecular complexity index is 796. The fraction of sp³-hybridized carbons (Fsp3) is 0.781. The first-order valence-electron chi connectivity index (χ1n) is 14.2. The molecule has 0 atom stereocenters. The first-order chi connectivity index (χ1) is 15.2. The summed E-state index contributed by atoms with van der Waals surface area (Å²) in [5.74, 6) is 8.28. The molecule has 0 aromatic heterocycles. The van der Waals surface area contributed by atoms with E-state index in [1.807, 2.05) is 5.92 Å². The second-order valence-corrected chi connectivity index (χ2v) is 15.1. The maximum atomic E-state index is 2.71. The Morgan fingerprint density at radius 3 is 1.38 bits per heavy atom. The van der Waals surface area contributed by atoms with E-state index in [1.165, 1.54) is 38.5 Å². The summed E-state index contributed by atoms with van der Waals surface area (Å²) in [7, 11) is 0. The van der Waals surface area contributed by atoms with Crippen LogP contribution in [0.3, 0.4) is 0 Å². The molecule has 1 aromatic rings. The Balaban J connectivity index is 1.40. The van der Waals surface area contributed by atoms with Crippen molar-refractivity contribution in [1.82, 2.24) is 0 Å². The summed E-state index contributed by atoms with van der Waals surface area (Å²) < 4.78 is 0. The lowest BCUT2D eigenvalue weighted by Crippen LogP contribution is -2.57. The van der Waals surface area contributed by atoms with Crippen molar-refractivity contribution < 1.29 is 0 Å². The highest BCUT2D eigenvalue weighted by Crippen LogP contribution is 2.73. The van der Waals surface area contributed by atoms with E-state index in [4.69, 9.17) is 0 Å². The fourth-order valence-corrected chi connectivity index (χ4v) is 11.3. The molecule has 32 heavy (non-hydrogen) atoms. The van der Waals surface area contributed by atoms with Crippen molar-refractivity contribution in [2.75, 3.05) is 0 Å². The van der Waals surface area contributed by atoms with Gasteiger partial charge in [-0.1, -0.05) is 20.8 Å². The first-order valence-corrected chi connectivity index (χ1v) is 14.2. The minimum absolute atomic E-state index is 0.233. The van der Waals surface area contributed by atoms with Crippen LogP contribution in [-0.2, 0) is 5.41 Å². The van der Waals surface area contributed by atoms with Crippen molar-refractivity contribution in [2.24, 2.45) is 46.3 Å². The van der Waals surface area contributed by atoms with Crippen LogP contribution in [0.25, 0.3) is 0 Å². The van der Waals surface area contributed by atoms with E-state index >= 15 is 0 Å². The first kappa shape index (κ1) is 20.5. The molecule has 0 N–H and O–H groups in total. The minimum atomic E-state index is 0.233. The zero-order valence-electron chi connectivity index (χ0n) is 21.2. The molecule has 0 heteroatoms. The molecule has 0 aliphatic heterocycles. The number of hydrogen-bond donors (Lipinski definition) is 0. The molecule has 0 heterocycles. The molecule has 172 valence electrons. The highest BCUT2D eigenvalue weighted by molar-refractivity contribution is 5.49. The third-order valence-electron chi connectivity index (χ3n) is 11.5. The van der Waals surface area contributed by atoms with E-state index in [9.17, 15) is 0 Å². The van der Waals surface area contributed by atoms with Gasteiger partial charge in [0.05, 0.1) is 11.6 Å². The molecular weight excluding hydrogens is 384 g/mol. The van der Waals surface area contributed by atoms with E-state index in [-0.39, 0.29) is 5.41 Å². The van der Waals surface area contributed by atoms with Gasteiger partial charge in [-0.2, -0.15) is 0 Å². The fourth-order valence-electron chi connectivity index (χ4n) is 11.3. The second-order valence-electron chi connectivity index (χ2n) is 15.1. The van der Waals surface area contributed by atoms with Crippen molar-refractivity contribution in [2.45, 2.75) is 110 Å². The van der Waals surface area contributed by atoms with Crippen molar-refractivity contribution >= 4 is 0 Å². The summed E-state index contributed by atoms with van der Waals surface area (Å²) in [6.07, 6.45) is 18.6. The van der Waals surface area contributed by atoms with Crippen LogP contribution in [0.2, 0.25) is 0 Å². The van der Waals surface area contributed by atoms with Gasteiger partial charge in [0.15, 0.2) is 0 Å². The van der Waals surface area contributed by atoms with Gasteiger partial charge in [0.1, 0.15) is 5.56 Å². The van der Waals surface area contributed by atoms with Gasteiger partial charge in [-0.15, -0.1) is 0 Å². The van der Waals surface area contributed by atoms with Crippen LogP contribution >= 0.6 is 0 Å². The van der Waals surface area contributed by atoms with Gasteiger partial charge < -0.3 is 0 Å². The molecule has 8 fully saturated rings. The summed E-state index contributed by atoms with van der Waals surface area (Å²) in [5, 5.41) is 0. The van der Waals surface area contributed by atoms with Crippen LogP contribution in [0.1, 0.15) is 115 Å². The van der Waals surface area contributed by atoms with Gasteiger partial charge in [0, 0.05) is 29.2 Å². The predicted molar refractivity (Wildman–Crippen MR) is 133 cm³/mol. The SMILES string of the molecule is Cc1ccc(C(C)(C)C)cc1[C+](C12CC3CC(CC(C3)C1)C2)C12CC3CC(CC(C3)C1)C2. The average molecular weight is 430 g/mol. The lowest BCUT2D eigenvalue weighted by molar-refractivity contribution is -0.0989. The minimum Gasteiger partial charge on any atom is -0.0549 e. The van der Waals surface area contributed by atoms with Gasteiger partial charge in [0.25, 0.3) is 0 Å². The highest BCUT2D eigenvalue weighted by Gasteiger charge is 2.66. The van der Waals surface area contributed by atoms with Crippen molar-refractivity contribution in [1.29, 1.82) is 0 Å². The standard InChI is InChI=1S/C32H45/c1-20-5-6-27(30(2,3)4)13-28(20)29(31-14-21-7-22(15-31)9-23(8-21)16-31)32-17-24-10-25(18-32)12-26(11-24)19-32/h5-6,13,21-26H,7-12,14-19H2,1-4H3/q+1. The number of benzene rings is 1. The van der Waals surface area contributed by atoms with Crippen LogP contribution in [0.4, 0.5) is 0 Å². The Morgan fingerprint density at radius 2 is 1.03 bits per heavy atom. The summed E-state index contributed by atoms with van der Waals surface area (Å²) in [5.41, 5.74) is 6.20. The van der Waals surface area contributed by atoms with Crippen LogP contribution in [-0.4, -0.2) is 0 Å². The van der Waals surface area contributed by atoms with Crippen molar-refractivity contribution in [3.63, 3.8) is 0 Å². The quantitative estimate of drug-likeness (QED) is 0.422. The van der Waals surface area contributed by atoms with E-state index in [2.05, 4.69) is 45.9 Å². The molecule has 8 aliphatic carbocycles. The van der Waals surface area contributed by atoms with Gasteiger partial charge in [-0.3, -0.25) is 0 Å². The predicted octanol–water partition coefficient (Wildman–Crippen LogP) is 8.65. The average Bonchev–Trinajstić information content (AvgIpc) is 2.66. The zero-order valence-corrected chi connectivity index (χ0v) is 21.2. The molecule has 0 nitrogen and oxygen atoms in total. The van der Waals surface area contributed by atoms with Crippen molar-refractivity contribution in [3.8, 4) is 0 Å². The van der Waals surface area contributed by atoms with Gasteiger partial charge in [0.2, 0.25) is 0 Å².